The zero-order chi connectivity index (χ0) is 14.8. The second kappa shape index (κ2) is 5.09. The Balaban J connectivity index is 1.62. The van der Waals surface area contributed by atoms with Crippen molar-refractivity contribution in [3.8, 4) is 0 Å². The fourth-order valence-electron chi connectivity index (χ4n) is 7.17. The SMILES string of the molecule is C[C@]12CCC(O)CC1CC[C@@H]1[C@H]2CC[C@]2(C)C(I)CC[C@@H]12. The van der Waals surface area contributed by atoms with E-state index in [4.69, 9.17) is 0 Å². The third kappa shape index (κ3) is 2.10. The molecule has 0 aromatic heterocycles. The molecule has 0 radical (unpaired) electrons. The Morgan fingerprint density at radius 1 is 0.857 bits per heavy atom. The van der Waals surface area contributed by atoms with E-state index in [9.17, 15) is 5.11 Å². The summed E-state index contributed by atoms with van der Waals surface area (Å²) in [5, 5.41) is 10.1. The molecule has 0 spiro atoms. The summed E-state index contributed by atoms with van der Waals surface area (Å²) in [6, 6.07) is 0. The van der Waals surface area contributed by atoms with Crippen LogP contribution in [-0.2, 0) is 0 Å². The number of fused-ring (bicyclic) bond motifs is 5. The van der Waals surface area contributed by atoms with Crippen LogP contribution in [0.1, 0.15) is 71.6 Å². The van der Waals surface area contributed by atoms with E-state index in [2.05, 4.69) is 36.4 Å². The molecular formula is C19H31IO. The summed E-state index contributed by atoms with van der Waals surface area (Å²) in [7, 11) is 0. The Labute approximate surface area is 143 Å². The fourth-order valence-corrected chi connectivity index (χ4v) is 8.30. The van der Waals surface area contributed by atoms with Crippen LogP contribution >= 0.6 is 22.6 Å². The lowest BCUT2D eigenvalue weighted by molar-refractivity contribution is -0.119. The minimum absolute atomic E-state index is 0.00121. The molecule has 0 aromatic carbocycles. The third-order valence-corrected chi connectivity index (χ3v) is 10.6. The largest absolute Gasteiger partial charge is 0.393 e. The molecule has 2 heteroatoms. The number of hydrogen-bond acceptors (Lipinski definition) is 1. The molecule has 0 heterocycles. The van der Waals surface area contributed by atoms with E-state index in [1.807, 2.05) is 0 Å². The minimum Gasteiger partial charge on any atom is -0.393 e. The van der Waals surface area contributed by atoms with Crippen LogP contribution in [0, 0.1) is 34.5 Å². The Kier molecular flexibility index (Phi) is 3.69. The highest BCUT2D eigenvalue weighted by Crippen LogP contribution is 2.67. The highest BCUT2D eigenvalue weighted by Gasteiger charge is 2.59. The van der Waals surface area contributed by atoms with Crippen molar-refractivity contribution >= 4 is 22.6 Å². The van der Waals surface area contributed by atoms with Crippen molar-refractivity contribution in [3.05, 3.63) is 0 Å². The van der Waals surface area contributed by atoms with Crippen LogP contribution in [-0.4, -0.2) is 15.1 Å². The van der Waals surface area contributed by atoms with Gasteiger partial charge in [-0.2, -0.15) is 0 Å². The van der Waals surface area contributed by atoms with E-state index in [0.29, 0.717) is 10.8 Å². The van der Waals surface area contributed by atoms with Crippen LogP contribution in [0.25, 0.3) is 0 Å². The second-order valence-electron chi connectivity index (χ2n) is 9.17. The van der Waals surface area contributed by atoms with Crippen molar-refractivity contribution in [2.24, 2.45) is 34.5 Å². The molecule has 4 fully saturated rings. The molecule has 4 aliphatic rings. The van der Waals surface area contributed by atoms with Gasteiger partial charge in [0, 0.05) is 3.92 Å². The molecule has 1 nitrogen and oxygen atoms in total. The van der Waals surface area contributed by atoms with Gasteiger partial charge < -0.3 is 5.11 Å². The smallest absolute Gasteiger partial charge is 0.0543 e. The maximum absolute atomic E-state index is 10.1. The third-order valence-electron chi connectivity index (χ3n) is 8.52. The fraction of sp³-hybridized carbons (Fsp3) is 1.00. The first-order valence-electron chi connectivity index (χ1n) is 9.27. The topological polar surface area (TPSA) is 20.2 Å². The summed E-state index contributed by atoms with van der Waals surface area (Å²) in [5.74, 6) is 3.77. The maximum Gasteiger partial charge on any atom is 0.0543 e. The van der Waals surface area contributed by atoms with E-state index < -0.39 is 0 Å². The first-order chi connectivity index (χ1) is 9.95. The lowest BCUT2D eigenvalue weighted by Crippen LogP contribution is -2.54. The molecule has 1 N–H and O–H groups in total. The lowest BCUT2D eigenvalue weighted by atomic mass is 9.45. The van der Waals surface area contributed by atoms with Gasteiger partial charge in [0.25, 0.3) is 0 Å². The van der Waals surface area contributed by atoms with Gasteiger partial charge in [-0.05, 0) is 92.3 Å². The van der Waals surface area contributed by atoms with Crippen molar-refractivity contribution in [1.82, 2.24) is 0 Å². The van der Waals surface area contributed by atoms with Crippen molar-refractivity contribution in [3.63, 3.8) is 0 Å². The number of alkyl halides is 1. The van der Waals surface area contributed by atoms with Gasteiger partial charge in [0.2, 0.25) is 0 Å². The predicted octanol–water partition coefficient (Wildman–Crippen LogP) is 5.19. The van der Waals surface area contributed by atoms with Gasteiger partial charge in [0.15, 0.2) is 0 Å². The van der Waals surface area contributed by atoms with Crippen LogP contribution in [0.15, 0.2) is 0 Å². The Morgan fingerprint density at radius 2 is 1.57 bits per heavy atom. The monoisotopic (exact) mass is 402 g/mol. The number of hydrogen-bond donors (Lipinski definition) is 1. The van der Waals surface area contributed by atoms with Gasteiger partial charge in [-0.3, -0.25) is 0 Å². The summed E-state index contributed by atoms with van der Waals surface area (Å²) in [6.07, 6.45) is 12.2. The molecular weight excluding hydrogens is 371 g/mol. The highest BCUT2D eigenvalue weighted by atomic mass is 127. The van der Waals surface area contributed by atoms with Crippen molar-refractivity contribution in [2.45, 2.75) is 81.7 Å². The zero-order valence-corrected chi connectivity index (χ0v) is 15.8. The summed E-state index contributed by atoms with van der Waals surface area (Å²) in [5.41, 5.74) is 1.19. The van der Waals surface area contributed by atoms with E-state index >= 15 is 0 Å². The average molecular weight is 402 g/mol. The van der Waals surface area contributed by atoms with Crippen molar-refractivity contribution in [1.29, 1.82) is 0 Å². The van der Waals surface area contributed by atoms with Gasteiger partial charge in [-0.25, -0.2) is 0 Å². The summed E-state index contributed by atoms with van der Waals surface area (Å²) >= 11 is 2.76. The predicted molar refractivity (Wildman–Crippen MR) is 95.5 cm³/mol. The molecule has 0 aliphatic heterocycles. The summed E-state index contributed by atoms with van der Waals surface area (Å²) < 4.78 is 0.916. The van der Waals surface area contributed by atoms with E-state index in [-0.39, 0.29) is 6.10 Å². The highest BCUT2D eigenvalue weighted by molar-refractivity contribution is 14.1. The van der Waals surface area contributed by atoms with Gasteiger partial charge in [-0.1, -0.05) is 36.4 Å². The quantitative estimate of drug-likeness (QED) is 0.437. The average Bonchev–Trinajstić information content (AvgIpc) is 2.76. The number of aliphatic hydroxyl groups excluding tert-OH is 1. The van der Waals surface area contributed by atoms with E-state index in [1.54, 1.807) is 0 Å². The van der Waals surface area contributed by atoms with Gasteiger partial charge >= 0.3 is 0 Å². The first kappa shape index (κ1) is 15.2. The summed E-state index contributed by atoms with van der Waals surface area (Å²) in [6.45, 7) is 5.20. The molecule has 8 atom stereocenters. The number of rotatable bonds is 0. The molecule has 4 aliphatic carbocycles. The van der Waals surface area contributed by atoms with Crippen LogP contribution < -0.4 is 0 Å². The Hall–Kier alpha value is 0.690. The molecule has 4 rings (SSSR count). The van der Waals surface area contributed by atoms with E-state index in [0.717, 1.165) is 40.4 Å². The molecule has 3 unspecified atom stereocenters. The number of aliphatic hydroxyl groups is 1. The minimum atomic E-state index is -0.00121. The molecule has 0 aromatic rings. The van der Waals surface area contributed by atoms with Gasteiger partial charge in [0.05, 0.1) is 6.10 Å². The molecule has 4 saturated carbocycles. The van der Waals surface area contributed by atoms with Crippen molar-refractivity contribution in [2.75, 3.05) is 0 Å². The van der Waals surface area contributed by atoms with Crippen LogP contribution in [0.4, 0.5) is 0 Å². The lowest BCUT2D eigenvalue weighted by Gasteiger charge is -2.60. The Morgan fingerprint density at radius 3 is 2.38 bits per heavy atom. The first-order valence-corrected chi connectivity index (χ1v) is 10.5. The molecule has 0 saturated heterocycles. The second-order valence-corrected chi connectivity index (χ2v) is 10.7. The van der Waals surface area contributed by atoms with Crippen LogP contribution in [0.3, 0.4) is 0 Å². The standard InChI is InChI=1S/C19H31IO/c1-18-9-7-13(21)11-12(18)3-4-14-15-5-6-17(20)19(15,2)10-8-16(14)18/h12-17,21H,3-11H2,1-2H3/t12?,13?,14-,15-,16+,17?,18-,19-/m0/s1. The Bertz CT molecular complexity index is 424. The van der Waals surface area contributed by atoms with Crippen LogP contribution in [0.2, 0.25) is 0 Å². The maximum atomic E-state index is 10.1. The number of halogens is 1. The molecule has 120 valence electrons. The zero-order valence-electron chi connectivity index (χ0n) is 13.7. The molecule has 0 amide bonds. The van der Waals surface area contributed by atoms with Crippen LogP contribution in [0.5, 0.6) is 0 Å². The summed E-state index contributed by atoms with van der Waals surface area (Å²) in [4.78, 5) is 0. The van der Waals surface area contributed by atoms with Gasteiger partial charge in [-0.15, -0.1) is 0 Å². The molecule has 21 heavy (non-hydrogen) atoms. The van der Waals surface area contributed by atoms with E-state index in [1.165, 1.54) is 44.9 Å². The van der Waals surface area contributed by atoms with Crippen molar-refractivity contribution < 1.29 is 5.11 Å². The molecule has 0 bridgehead atoms. The normalized spacial score (nSPS) is 60.0. The van der Waals surface area contributed by atoms with Gasteiger partial charge in [0.1, 0.15) is 0 Å².